The first-order chi connectivity index (χ1) is 11.0. The first-order valence-electron chi connectivity index (χ1n) is 9.44. The fourth-order valence-electron chi connectivity index (χ4n) is 3.15. The number of aliphatic hydroxyl groups is 1. The third kappa shape index (κ3) is 6.41. The zero-order chi connectivity index (χ0) is 19.1. The molecule has 0 rings (SSSR count). The first kappa shape index (κ1) is 23.5. The van der Waals surface area contributed by atoms with Crippen molar-refractivity contribution in [3.05, 3.63) is 0 Å². The van der Waals surface area contributed by atoms with Crippen LogP contribution in [0.4, 0.5) is 0 Å². The molecular weight excluding hydrogens is 320 g/mol. The monoisotopic (exact) mass is 358 g/mol. The van der Waals surface area contributed by atoms with Gasteiger partial charge in [-0.2, -0.15) is 0 Å². The standard InChI is InChI=1S/C19H38O4Si/c1-9-24(10-2,11-3)23-19(13(4)5)15(7)18(22)12-17(21)14(6)16(8)20/h13-15,18-19,22H,9-12H2,1-8H3/t14?,15-,18+,19+/m0/s1. The molecule has 0 radical (unpaired) electrons. The summed E-state index contributed by atoms with van der Waals surface area (Å²) in [5, 5.41) is 10.6. The van der Waals surface area contributed by atoms with Crippen LogP contribution in [0.1, 0.15) is 61.8 Å². The number of rotatable bonds is 12. The van der Waals surface area contributed by atoms with Crippen LogP contribution in [0.2, 0.25) is 18.1 Å². The highest BCUT2D eigenvalue weighted by Gasteiger charge is 2.37. The predicted octanol–water partition coefficient (Wildman–Crippen LogP) is 4.21. The molecule has 0 aliphatic carbocycles. The highest BCUT2D eigenvalue weighted by atomic mass is 28.4. The van der Waals surface area contributed by atoms with Gasteiger partial charge in [-0.25, -0.2) is 0 Å². The lowest BCUT2D eigenvalue weighted by Gasteiger charge is -2.39. The van der Waals surface area contributed by atoms with Crippen LogP contribution in [0.5, 0.6) is 0 Å². The average molecular weight is 359 g/mol. The Hall–Kier alpha value is -0.523. The van der Waals surface area contributed by atoms with Crippen LogP contribution in [0, 0.1) is 17.8 Å². The third-order valence-corrected chi connectivity index (χ3v) is 10.2. The van der Waals surface area contributed by atoms with Gasteiger partial charge >= 0.3 is 0 Å². The fourth-order valence-corrected chi connectivity index (χ4v) is 6.22. The number of hydrogen-bond acceptors (Lipinski definition) is 4. The van der Waals surface area contributed by atoms with Crippen LogP contribution in [0.3, 0.4) is 0 Å². The van der Waals surface area contributed by atoms with Gasteiger partial charge in [0.05, 0.1) is 18.1 Å². The molecule has 5 heteroatoms. The minimum atomic E-state index is -1.78. The zero-order valence-electron chi connectivity index (χ0n) is 16.9. The van der Waals surface area contributed by atoms with E-state index in [4.69, 9.17) is 4.43 Å². The van der Waals surface area contributed by atoms with Crippen molar-refractivity contribution in [1.82, 2.24) is 0 Å². The van der Waals surface area contributed by atoms with Crippen molar-refractivity contribution in [3.8, 4) is 0 Å². The summed E-state index contributed by atoms with van der Waals surface area (Å²) in [6.07, 6.45) is -0.816. The Morgan fingerprint density at radius 2 is 1.46 bits per heavy atom. The Bertz CT molecular complexity index is 396. The number of aliphatic hydroxyl groups excluding tert-OH is 1. The topological polar surface area (TPSA) is 63.6 Å². The van der Waals surface area contributed by atoms with Crippen molar-refractivity contribution in [2.75, 3.05) is 0 Å². The summed E-state index contributed by atoms with van der Waals surface area (Å²) >= 11 is 0. The molecule has 0 aromatic rings. The maximum atomic E-state index is 12.1. The Labute approximate surface area is 149 Å². The number of carbonyl (C=O) groups excluding carboxylic acids is 2. The second kappa shape index (κ2) is 10.5. The molecule has 1 N–H and O–H groups in total. The van der Waals surface area contributed by atoms with Crippen molar-refractivity contribution in [3.63, 3.8) is 0 Å². The second-order valence-corrected chi connectivity index (χ2v) is 12.2. The maximum absolute atomic E-state index is 12.1. The summed E-state index contributed by atoms with van der Waals surface area (Å²) in [7, 11) is -1.78. The van der Waals surface area contributed by atoms with Crippen LogP contribution in [-0.2, 0) is 14.0 Å². The molecule has 0 heterocycles. The first-order valence-corrected chi connectivity index (χ1v) is 12.0. The lowest BCUT2D eigenvalue weighted by molar-refractivity contribution is -0.132. The fraction of sp³-hybridized carbons (Fsp3) is 0.895. The summed E-state index contributed by atoms with van der Waals surface area (Å²) in [6, 6.07) is 3.19. The summed E-state index contributed by atoms with van der Waals surface area (Å²) in [5.74, 6) is -0.836. The van der Waals surface area contributed by atoms with E-state index < -0.39 is 20.3 Å². The van der Waals surface area contributed by atoms with Crippen LogP contribution in [0.15, 0.2) is 0 Å². The van der Waals surface area contributed by atoms with E-state index in [0.717, 1.165) is 18.1 Å². The average Bonchev–Trinajstić information content (AvgIpc) is 2.54. The van der Waals surface area contributed by atoms with E-state index in [2.05, 4.69) is 34.6 Å². The Morgan fingerprint density at radius 1 is 1.00 bits per heavy atom. The molecular formula is C19H38O4Si. The van der Waals surface area contributed by atoms with Gasteiger partial charge in [-0.3, -0.25) is 9.59 Å². The minimum Gasteiger partial charge on any atom is -0.413 e. The van der Waals surface area contributed by atoms with E-state index in [0.29, 0.717) is 0 Å². The van der Waals surface area contributed by atoms with Gasteiger partial charge < -0.3 is 9.53 Å². The Balaban J connectivity index is 5.12. The number of hydrogen-bond donors (Lipinski definition) is 1. The predicted molar refractivity (Wildman–Crippen MR) is 102 cm³/mol. The lowest BCUT2D eigenvalue weighted by atomic mass is 9.86. The van der Waals surface area contributed by atoms with E-state index in [1.54, 1.807) is 6.92 Å². The van der Waals surface area contributed by atoms with Gasteiger partial charge in [0.1, 0.15) is 11.6 Å². The maximum Gasteiger partial charge on any atom is 0.192 e. The molecule has 0 aliphatic rings. The Kier molecular flexibility index (Phi) is 10.2. The van der Waals surface area contributed by atoms with E-state index in [1.165, 1.54) is 6.92 Å². The van der Waals surface area contributed by atoms with E-state index in [-0.39, 0.29) is 35.9 Å². The number of ketones is 2. The molecule has 0 bridgehead atoms. The van der Waals surface area contributed by atoms with Gasteiger partial charge in [0.15, 0.2) is 8.32 Å². The van der Waals surface area contributed by atoms with Crippen molar-refractivity contribution in [1.29, 1.82) is 0 Å². The van der Waals surface area contributed by atoms with Gasteiger partial charge in [-0.05, 0) is 37.9 Å². The molecule has 0 aliphatic heterocycles. The zero-order valence-corrected chi connectivity index (χ0v) is 17.9. The van der Waals surface area contributed by atoms with Crippen LogP contribution in [-0.4, -0.2) is 37.2 Å². The third-order valence-electron chi connectivity index (χ3n) is 5.60. The summed E-state index contributed by atoms with van der Waals surface area (Å²) in [4.78, 5) is 23.5. The van der Waals surface area contributed by atoms with E-state index in [9.17, 15) is 14.7 Å². The van der Waals surface area contributed by atoms with Crippen LogP contribution >= 0.6 is 0 Å². The smallest absolute Gasteiger partial charge is 0.192 e. The van der Waals surface area contributed by atoms with Crippen molar-refractivity contribution >= 4 is 19.9 Å². The molecule has 0 aromatic heterocycles. The molecule has 0 saturated carbocycles. The molecule has 0 amide bonds. The highest BCUT2D eigenvalue weighted by molar-refractivity contribution is 6.73. The molecule has 4 nitrogen and oxygen atoms in total. The van der Waals surface area contributed by atoms with Crippen LogP contribution < -0.4 is 0 Å². The molecule has 1 unspecified atom stereocenters. The number of carbonyl (C=O) groups is 2. The molecule has 4 atom stereocenters. The molecule has 142 valence electrons. The Morgan fingerprint density at radius 3 is 1.79 bits per heavy atom. The summed E-state index contributed by atoms with van der Waals surface area (Å²) in [5.41, 5.74) is 0. The van der Waals surface area contributed by atoms with Crippen molar-refractivity contribution in [2.45, 2.75) is 92.2 Å². The minimum absolute atomic E-state index is 0.0213. The van der Waals surface area contributed by atoms with Crippen LogP contribution in [0.25, 0.3) is 0 Å². The van der Waals surface area contributed by atoms with Gasteiger partial charge in [0, 0.05) is 12.3 Å². The normalized spacial score (nSPS) is 17.4. The quantitative estimate of drug-likeness (QED) is 0.419. The van der Waals surface area contributed by atoms with Gasteiger partial charge in [0.25, 0.3) is 0 Å². The molecule has 0 fully saturated rings. The van der Waals surface area contributed by atoms with Crippen molar-refractivity contribution in [2.24, 2.45) is 17.8 Å². The highest BCUT2D eigenvalue weighted by Crippen LogP contribution is 2.31. The largest absolute Gasteiger partial charge is 0.413 e. The van der Waals surface area contributed by atoms with E-state index in [1.807, 2.05) is 6.92 Å². The SMILES string of the molecule is CC[Si](CC)(CC)O[C@H](C(C)C)[C@@H](C)[C@H](O)CC(=O)C(C)C(C)=O. The number of Topliss-reactive ketones (excluding diaryl/α,β-unsaturated/α-hetero) is 2. The van der Waals surface area contributed by atoms with Crippen molar-refractivity contribution < 1.29 is 19.1 Å². The second-order valence-electron chi connectivity index (χ2n) is 7.50. The van der Waals surface area contributed by atoms with Gasteiger partial charge in [-0.15, -0.1) is 0 Å². The molecule has 0 spiro atoms. The summed E-state index contributed by atoms with van der Waals surface area (Å²) in [6.45, 7) is 15.8. The van der Waals surface area contributed by atoms with E-state index >= 15 is 0 Å². The lowest BCUT2D eigenvalue weighted by Crippen LogP contribution is -2.46. The van der Waals surface area contributed by atoms with Gasteiger partial charge in [0.2, 0.25) is 0 Å². The molecule has 24 heavy (non-hydrogen) atoms. The molecule has 0 aromatic carbocycles. The summed E-state index contributed by atoms with van der Waals surface area (Å²) < 4.78 is 6.62. The molecule has 0 saturated heterocycles. The van der Waals surface area contributed by atoms with Gasteiger partial charge in [-0.1, -0.05) is 41.5 Å².